The third kappa shape index (κ3) is 3.49. The molecule has 1 fully saturated rings. The molecule has 0 unspecified atom stereocenters. The molecular formula is C12H20N4OS. The van der Waals surface area contributed by atoms with Crippen LogP contribution in [0.2, 0.25) is 0 Å². The Hall–Kier alpha value is -1.01. The van der Waals surface area contributed by atoms with E-state index in [2.05, 4.69) is 27.1 Å². The fourth-order valence-corrected chi connectivity index (χ4v) is 3.06. The molecule has 0 saturated carbocycles. The van der Waals surface area contributed by atoms with Gasteiger partial charge in [0, 0.05) is 53.7 Å². The Bertz CT molecular complexity index is 403. The number of aromatic nitrogens is 2. The molecule has 100 valence electrons. The van der Waals surface area contributed by atoms with Crippen LogP contribution in [-0.4, -0.2) is 45.3 Å². The summed E-state index contributed by atoms with van der Waals surface area (Å²) in [6.07, 6.45) is 4.58. The van der Waals surface area contributed by atoms with Gasteiger partial charge in [0.25, 0.3) is 0 Å². The van der Waals surface area contributed by atoms with E-state index >= 15 is 0 Å². The second kappa shape index (κ2) is 6.80. The van der Waals surface area contributed by atoms with Crippen LogP contribution in [-0.2, 0) is 17.3 Å². The number of rotatable bonds is 5. The van der Waals surface area contributed by atoms with Crippen molar-refractivity contribution in [2.24, 2.45) is 0 Å². The first-order chi connectivity index (χ1) is 8.81. The zero-order valence-corrected chi connectivity index (χ0v) is 11.6. The van der Waals surface area contributed by atoms with Gasteiger partial charge < -0.3 is 10.2 Å². The minimum absolute atomic E-state index is 0.649. The van der Waals surface area contributed by atoms with Gasteiger partial charge in [-0.1, -0.05) is 6.92 Å². The number of nitrogens with zero attached hydrogens (tertiary/aromatic N) is 3. The zero-order chi connectivity index (χ0) is 12.8. The van der Waals surface area contributed by atoms with Crippen LogP contribution in [0.1, 0.15) is 18.9 Å². The van der Waals surface area contributed by atoms with Gasteiger partial charge in [0.05, 0.1) is 0 Å². The number of nitrogens with one attached hydrogen (secondary N) is 1. The van der Waals surface area contributed by atoms with E-state index in [1.807, 2.05) is 6.20 Å². The molecule has 1 N–H and O–H groups in total. The normalized spacial score (nSPS) is 17.1. The lowest BCUT2D eigenvalue weighted by Gasteiger charge is -2.28. The Morgan fingerprint density at radius 1 is 1.44 bits per heavy atom. The minimum Gasteiger partial charge on any atom is -0.354 e. The maximum atomic E-state index is 11.4. The van der Waals surface area contributed by atoms with Crippen molar-refractivity contribution in [3.05, 3.63) is 18.1 Å². The van der Waals surface area contributed by atoms with Crippen LogP contribution < -0.4 is 10.2 Å². The summed E-state index contributed by atoms with van der Waals surface area (Å²) < 4.78 is 11.4. The molecule has 1 aromatic heterocycles. The highest BCUT2D eigenvalue weighted by Crippen LogP contribution is 2.17. The highest BCUT2D eigenvalue weighted by molar-refractivity contribution is 7.85. The van der Waals surface area contributed by atoms with Crippen LogP contribution in [0.4, 0.5) is 5.82 Å². The standard InChI is InChI=1S/C12H20N4OS/c1-2-3-13-8-11-9-14-10-15-12(11)16-4-6-18(17)7-5-16/h9-10,13H,2-8H2,1H3. The Morgan fingerprint density at radius 3 is 2.94 bits per heavy atom. The Kier molecular flexibility index (Phi) is 5.07. The molecule has 0 aromatic carbocycles. The van der Waals surface area contributed by atoms with E-state index in [1.54, 1.807) is 6.33 Å². The molecule has 1 saturated heterocycles. The van der Waals surface area contributed by atoms with Crippen molar-refractivity contribution in [1.82, 2.24) is 15.3 Å². The highest BCUT2D eigenvalue weighted by Gasteiger charge is 2.18. The summed E-state index contributed by atoms with van der Waals surface area (Å²) in [4.78, 5) is 10.7. The van der Waals surface area contributed by atoms with Crippen molar-refractivity contribution in [3.63, 3.8) is 0 Å². The molecule has 0 aliphatic carbocycles. The molecule has 1 aliphatic heterocycles. The van der Waals surface area contributed by atoms with E-state index in [9.17, 15) is 4.21 Å². The lowest BCUT2D eigenvalue weighted by molar-refractivity contribution is 0.661. The molecule has 18 heavy (non-hydrogen) atoms. The SMILES string of the molecule is CCCNCc1cncnc1N1CCS(=O)CC1. The first kappa shape index (κ1) is 13.4. The van der Waals surface area contributed by atoms with Gasteiger partial charge >= 0.3 is 0 Å². The summed E-state index contributed by atoms with van der Waals surface area (Å²) in [7, 11) is -0.649. The molecule has 2 heterocycles. The zero-order valence-electron chi connectivity index (χ0n) is 10.8. The molecule has 0 bridgehead atoms. The third-order valence-electron chi connectivity index (χ3n) is 2.98. The summed E-state index contributed by atoms with van der Waals surface area (Å²) in [6, 6.07) is 0. The minimum atomic E-state index is -0.649. The maximum absolute atomic E-state index is 11.4. The second-order valence-electron chi connectivity index (χ2n) is 4.38. The summed E-state index contributed by atoms with van der Waals surface area (Å²) in [5, 5.41) is 3.37. The molecule has 2 rings (SSSR count). The van der Waals surface area contributed by atoms with Crippen molar-refractivity contribution in [1.29, 1.82) is 0 Å². The fourth-order valence-electron chi connectivity index (χ4n) is 2.01. The smallest absolute Gasteiger partial charge is 0.136 e. The molecule has 6 heteroatoms. The van der Waals surface area contributed by atoms with Crippen molar-refractivity contribution in [3.8, 4) is 0 Å². The van der Waals surface area contributed by atoms with Gasteiger partial charge in [-0.15, -0.1) is 0 Å². The second-order valence-corrected chi connectivity index (χ2v) is 6.08. The molecule has 1 aromatic rings. The van der Waals surface area contributed by atoms with E-state index in [0.717, 1.165) is 55.5 Å². The molecule has 0 radical (unpaired) electrons. The van der Waals surface area contributed by atoms with Gasteiger partial charge in [-0.3, -0.25) is 4.21 Å². The van der Waals surface area contributed by atoms with E-state index in [1.165, 1.54) is 0 Å². The number of anilines is 1. The van der Waals surface area contributed by atoms with Gasteiger partial charge in [0.15, 0.2) is 0 Å². The van der Waals surface area contributed by atoms with Crippen LogP contribution in [0.3, 0.4) is 0 Å². The maximum Gasteiger partial charge on any atom is 0.136 e. The van der Waals surface area contributed by atoms with E-state index in [0.29, 0.717) is 0 Å². The summed E-state index contributed by atoms with van der Waals surface area (Å²) in [5.41, 5.74) is 1.12. The Labute approximate surface area is 110 Å². The van der Waals surface area contributed by atoms with Gasteiger partial charge in [0.1, 0.15) is 12.1 Å². The van der Waals surface area contributed by atoms with Crippen LogP contribution in [0.15, 0.2) is 12.5 Å². The van der Waals surface area contributed by atoms with Crippen molar-refractivity contribution in [2.75, 3.05) is 36.0 Å². The molecule has 5 nitrogen and oxygen atoms in total. The van der Waals surface area contributed by atoms with Gasteiger partial charge in [0.2, 0.25) is 0 Å². The summed E-state index contributed by atoms with van der Waals surface area (Å²) >= 11 is 0. The molecule has 1 aliphatic rings. The predicted octanol–water partition coefficient (Wildman–Crippen LogP) is 0.545. The van der Waals surface area contributed by atoms with Crippen LogP contribution in [0, 0.1) is 0 Å². The van der Waals surface area contributed by atoms with E-state index in [4.69, 9.17) is 0 Å². The van der Waals surface area contributed by atoms with Crippen molar-refractivity contribution < 1.29 is 4.21 Å². The topological polar surface area (TPSA) is 58.1 Å². The largest absolute Gasteiger partial charge is 0.354 e. The average molecular weight is 268 g/mol. The van der Waals surface area contributed by atoms with E-state index < -0.39 is 10.8 Å². The van der Waals surface area contributed by atoms with Crippen LogP contribution >= 0.6 is 0 Å². The molecular weight excluding hydrogens is 248 g/mol. The summed E-state index contributed by atoms with van der Waals surface area (Å²) in [6.45, 7) is 5.59. The quantitative estimate of drug-likeness (QED) is 0.790. The number of hydrogen-bond donors (Lipinski definition) is 1. The van der Waals surface area contributed by atoms with Gasteiger partial charge in [-0.2, -0.15) is 0 Å². The first-order valence-electron chi connectivity index (χ1n) is 6.40. The predicted molar refractivity (Wildman–Crippen MR) is 74.1 cm³/mol. The Balaban J connectivity index is 2.04. The number of hydrogen-bond acceptors (Lipinski definition) is 5. The lowest BCUT2D eigenvalue weighted by Crippen LogP contribution is -2.39. The summed E-state index contributed by atoms with van der Waals surface area (Å²) in [5.74, 6) is 2.47. The Morgan fingerprint density at radius 2 is 2.22 bits per heavy atom. The first-order valence-corrected chi connectivity index (χ1v) is 7.89. The molecule has 0 atom stereocenters. The van der Waals surface area contributed by atoms with Crippen molar-refractivity contribution >= 4 is 16.6 Å². The fraction of sp³-hybridized carbons (Fsp3) is 0.667. The highest BCUT2D eigenvalue weighted by atomic mass is 32.2. The average Bonchev–Trinajstić information content (AvgIpc) is 2.41. The van der Waals surface area contributed by atoms with Crippen LogP contribution in [0.5, 0.6) is 0 Å². The monoisotopic (exact) mass is 268 g/mol. The van der Waals surface area contributed by atoms with Gasteiger partial charge in [-0.05, 0) is 13.0 Å². The molecule has 0 amide bonds. The van der Waals surface area contributed by atoms with Crippen molar-refractivity contribution in [2.45, 2.75) is 19.9 Å². The third-order valence-corrected chi connectivity index (χ3v) is 4.26. The van der Waals surface area contributed by atoms with Crippen LogP contribution in [0.25, 0.3) is 0 Å². The van der Waals surface area contributed by atoms with Gasteiger partial charge in [-0.25, -0.2) is 9.97 Å². The lowest BCUT2D eigenvalue weighted by atomic mass is 10.2. The van der Waals surface area contributed by atoms with E-state index in [-0.39, 0.29) is 0 Å². The molecule has 0 spiro atoms.